The number of hydrogen-bond donors (Lipinski definition) is 1. The Morgan fingerprint density at radius 2 is 1.91 bits per heavy atom. The number of fused-ring (bicyclic) bond motifs is 1. The van der Waals surface area contributed by atoms with Crippen LogP contribution in [0.5, 0.6) is 0 Å². The molecule has 4 rings (SSSR count). The van der Waals surface area contributed by atoms with Crippen molar-refractivity contribution in [3.63, 3.8) is 0 Å². The molecule has 2 heterocycles. The minimum absolute atomic E-state index is 0.133. The highest BCUT2D eigenvalue weighted by Crippen LogP contribution is 2.35. The van der Waals surface area contributed by atoms with Crippen LogP contribution in [0.15, 0.2) is 34.1 Å². The van der Waals surface area contributed by atoms with Gasteiger partial charge in [0.15, 0.2) is 0 Å². The molecule has 2 aromatic rings. The van der Waals surface area contributed by atoms with Crippen molar-refractivity contribution in [2.75, 3.05) is 43.9 Å². The average Bonchev–Trinajstić information content (AvgIpc) is 3.29. The van der Waals surface area contributed by atoms with Crippen molar-refractivity contribution < 1.29 is 22.7 Å². The van der Waals surface area contributed by atoms with Gasteiger partial charge in [0.2, 0.25) is 5.91 Å². The Morgan fingerprint density at radius 1 is 1.15 bits per heavy atom. The largest absolute Gasteiger partial charge is 0.418 e. The minimum atomic E-state index is -4.56. The molecule has 1 amide bonds. The number of carbonyl (C=O) groups is 1. The van der Waals surface area contributed by atoms with Crippen LogP contribution in [-0.2, 0) is 35.1 Å². The van der Waals surface area contributed by atoms with Gasteiger partial charge in [0.1, 0.15) is 5.03 Å². The van der Waals surface area contributed by atoms with E-state index in [-0.39, 0.29) is 17.1 Å². The first-order valence-corrected chi connectivity index (χ1v) is 12.3. The smallest absolute Gasteiger partial charge is 0.379 e. The third kappa shape index (κ3) is 6.00. The number of amides is 1. The summed E-state index contributed by atoms with van der Waals surface area (Å²) in [6.07, 6.45) is -1.27. The Balaban J connectivity index is 1.39. The molecule has 184 valence electrons. The van der Waals surface area contributed by atoms with E-state index in [0.717, 1.165) is 87.6 Å². The number of carbonyl (C=O) groups excluding carboxylic acids is 1. The van der Waals surface area contributed by atoms with Gasteiger partial charge in [-0.3, -0.25) is 14.3 Å². The number of benzene rings is 1. The lowest BCUT2D eigenvalue weighted by Crippen LogP contribution is -2.37. The lowest BCUT2D eigenvalue weighted by atomic mass is 10.1. The summed E-state index contributed by atoms with van der Waals surface area (Å²) in [5, 5.41) is 2.84. The maximum absolute atomic E-state index is 13.2. The molecule has 11 heteroatoms. The lowest BCUT2D eigenvalue weighted by molar-refractivity contribution is -0.137. The zero-order chi connectivity index (χ0) is 24.1. The van der Waals surface area contributed by atoms with Gasteiger partial charge in [-0.15, -0.1) is 0 Å². The number of alkyl halides is 3. The predicted molar refractivity (Wildman–Crippen MR) is 123 cm³/mol. The summed E-state index contributed by atoms with van der Waals surface area (Å²) in [5.74, 6) is -0.712. The van der Waals surface area contributed by atoms with Crippen molar-refractivity contribution in [2.24, 2.45) is 0 Å². The normalized spacial score (nSPS) is 16.4. The van der Waals surface area contributed by atoms with Crippen LogP contribution in [0.3, 0.4) is 0 Å². The second-order valence-electron chi connectivity index (χ2n) is 8.32. The van der Waals surface area contributed by atoms with Crippen LogP contribution in [0.1, 0.15) is 29.7 Å². The Labute approximate surface area is 199 Å². The Bertz CT molecular complexity index is 1080. The summed E-state index contributed by atoms with van der Waals surface area (Å²) in [5.41, 5.74) is 0.418. The summed E-state index contributed by atoms with van der Waals surface area (Å²) < 4.78 is 46.6. The van der Waals surface area contributed by atoms with Crippen molar-refractivity contribution in [1.82, 2.24) is 14.5 Å². The second-order valence-corrected chi connectivity index (χ2v) is 9.28. The van der Waals surface area contributed by atoms with Gasteiger partial charge < -0.3 is 10.1 Å². The molecule has 0 atom stereocenters. The summed E-state index contributed by atoms with van der Waals surface area (Å²) in [6.45, 7) is 4.74. The molecule has 1 aliphatic carbocycles. The fourth-order valence-corrected chi connectivity index (χ4v) is 5.25. The number of hydrogen-bond acceptors (Lipinski definition) is 6. The van der Waals surface area contributed by atoms with E-state index >= 15 is 0 Å². The topological polar surface area (TPSA) is 76.5 Å². The van der Waals surface area contributed by atoms with Gasteiger partial charge in [-0.25, -0.2) is 4.79 Å². The highest BCUT2D eigenvalue weighted by Gasteiger charge is 2.33. The van der Waals surface area contributed by atoms with Crippen molar-refractivity contribution in [2.45, 2.75) is 43.4 Å². The van der Waals surface area contributed by atoms with Crippen LogP contribution >= 0.6 is 11.8 Å². The van der Waals surface area contributed by atoms with E-state index in [1.807, 2.05) is 0 Å². The number of thioether (sulfide) groups is 1. The first kappa shape index (κ1) is 24.7. The molecule has 2 aliphatic rings. The molecule has 0 spiro atoms. The number of nitrogens with one attached hydrogen (secondary N) is 1. The molecular formula is C23H27F3N4O3S. The van der Waals surface area contributed by atoms with Crippen LogP contribution in [-0.4, -0.2) is 59.0 Å². The molecule has 0 unspecified atom stereocenters. The number of rotatable bonds is 8. The van der Waals surface area contributed by atoms with Crippen LogP contribution in [0.4, 0.5) is 18.9 Å². The molecule has 1 aromatic carbocycles. The number of morpholine rings is 1. The molecule has 0 bridgehead atoms. The number of ether oxygens (including phenoxy) is 1. The maximum Gasteiger partial charge on any atom is 0.418 e. The third-order valence-electron chi connectivity index (χ3n) is 6.01. The SMILES string of the molecule is O=C(CSc1nc(=O)n(CCCN2CCOCC2)c2c1CCC2)Nc1ccccc1C(F)(F)F. The second kappa shape index (κ2) is 10.9. The van der Waals surface area contributed by atoms with E-state index in [1.54, 1.807) is 4.57 Å². The molecule has 1 fully saturated rings. The van der Waals surface area contributed by atoms with Gasteiger partial charge in [0, 0.05) is 37.4 Å². The van der Waals surface area contributed by atoms with E-state index in [2.05, 4.69) is 15.2 Å². The number of aromatic nitrogens is 2. The van der Waals surface area contributed by atoms with E-state index in [1.165, 1.54) is 18.2 Å². The highest BCUT2D eigenvalue weighted by molar-refractivity contribution is 8.00. The quantitative estimate of drug-likeness (QED) is 0.447. The maximum atomic E-state index is 13.2. The number of anilines is 1. The first-order chi connectivity index (χ1) is 16.3. The molecule has 1 saturated heterocycles. The summed E-state index contributed by atoms with van der Waals surface area (Å²) in [4.78, 5) is 31.7. The number of para-hydroxylation sites is 1. The van der Waals surface area contributed by atoms with Crippen LogP contribution in [0.25, 0.3) is 0 Å². The summed E-state index contributed by atoms with van der Waals surface area (Å²) in [6, 6.07) is 4.86. The van der Waals surface area contributed by atoms with Crippen molar-refractivity contribution in [3.8, 4) is 0 Å². The third-order valence-corrected chi connectivity index (χ3v) is 7.02. The van der Waals surface area contributed by atoms with E-state index < -0.39 is 17.6 Å². The number of halogens is 3. The fraction of sp³-hybridized carbons (Fsp3) is 0.522. The zero-order valence-corrected chi connectivity index (χ0v) is 19.5. The summed E-state index contributed by atoms with van der Waals surface area (Å²) in [7, 11) is 0. The molecule has 1 aliphatic heterocycles. The molecule has 1 N–H and O–H groups in total. The lowest BCUT2D eigenvalue weighted by Gasteiger charge is -2.26. The van der Waals surface area contributed by atoms with Crippen molar-refractivity contribution in [3.05, 3.63) is 51.6 Å². The fourth-order valence-electron chi connectivity index (χ4n) is 4.37. The Kier molecular flexibility index (Phi) is 7.95. The van der Waals surface area contributed by atoms with E-state index in [4.69, 9.17) is 4.74 Å². The predicted octanol–water partition coefficient (Wildman–Crippen LogP) is 3.20. The first-order valence-electron chi connectivity index (χ1n) is 11.3. The van der Waals surface area contributed by atoms with E-state index in [9.17, 15) is 22.8 Å². The number of nitrogens with zero attached hydrogens (tertiary/aromatic N) is 3. The molecule has 34 heavy (non-hydrogen) atoms. The Morgan fingerprint density at radius 3 is 2.68 bits per heavy atom. The Hall–Kier alpha value is -2.37. The molecule has 1 aromatic heterocycles. The van der Waals surface area contributed by atoms with E-state index in [0.29, 0.717) is 11.6 Å². The molecule has 0 saturated carbocycles. The molecule has 0 radical (unpaired) electrons. The van der Waals surface area contributed by atoms with Gasteiger partial charge >= 0.3 is 11.9 Å². The van der Waals surface area contributed by atoms with Crippen LogP contribution in [0.2, 0.25) is 0 Å². The van der Waals surface area contributed by atoms with Gasteiger partial charge in [-0.2, -0.15) is 18.2 Å². The van der Waals surface area contributed by atoms with Crippen molar-refractivity contribution >= 4 is 23.4 Å². The summed E-state index contributed by atoms with van der Waals surface area (Å²) >= 11 is 1.10. The zero-order valence-electron chi connectivity index (χ0n) is 18.7. The highest BCUT2D eigenvalue weighted by atomic mass is 32.2. The van der Waals surface area contributed by atoms with Gasteiger partial charge in [-0.1, -0.05) is 23.9 Å². The monoisotopic (exact) mass is 496 g/mol. The van der Waals surface area contributed by atoms with Crippen LogP contribution < -0.4 is 11.0 Å². The molecular weight excluding hydrogens is 469 g/mol. The van der Waals surface area contributed by atoms with Gasteiger partial charge in [0.25, 0.3) is 0 Å². The van der Waals surface area contributed by atoms with Crippen LogP contribution in [0, 0.1) is 0 Å². The minimum Gasteiger partial charge on any atom is -0.379 e. The van der Waals surface area contributed by atoms with Crippen molar-refractivity contribution in [1.29, 1.82) is 0 Å². The average molecular weight is 497 g/mol. The molecule has 7 nitrogen and oxygen atoms in total. The van der Waals surface area contributed by atoms with Gasteiger partial charge in [-0.05, 0) is 37.8 Å². The van der Waals surface area contributed by atoms with Gasteiger partial charge in [0.05, 0.1) is 30.2 Å². The standard InChI is InChI=1S/C23H27F3N4O3S/c24-23(25,26)17-6-1-2-7-18(17)27-20(31)15-34-21-16-5-3-8-19(16)30(22(32)28-21)10-4-9-29-11-13-33-14-12-29/h1-2,6-7H,3-5,8-15H2,(H,27,31).